The molecule has 6 heteroatoms. The topological polar surface area (TPSA) is 40.6 Å². The number of aromatic nitrogens is 1. The van der Waals surface area contributed by atoms with Crippen LogP contribution in [-0.2, 0) is 17.7 Å². The molecule has 0 saturated carbocycles. The first-order valence-corrected chi connectivity index (χ1v) is 8.52. The number of fused-ring (bicyclic) bond motifs is 1. The van der Waals surface area contributed by atoms with Gasteiger partial charge in [-0.2, -0.15) is 0 Å². The highest BCUT2D eigenvalue weighted by Crippen LogP contribution is 2.23. The number of rotatable bonds is 5. The molecule has 25 heavy (non-hydrogen) atoms. The van der Waals surface area contributed by atoms with Crippen molar-refractivity contribution in [3.63, 3.8) is 0 Å². The molecule has 0 aliphatic carbocycles. The lowest BCUT2D eigenvalue weighted by Crippen LogP contribution is -2.24. The molecule has 0 fully saturated rings. The van der Waals surface area contributed by atoms with Gasteiger partial charge in [-0.3, -0.25) is 0 Å². The van der Waals surface area contributed by atoms with Crippen molar-refractivity contribution >= 4 is 28.4 Å². The van der Waals surface area contributed by atoms with Crippen LogP contribution < -0.4 is 0 Å². The summed E-state index contributed by atoms with van der Waals surface area (Å²) < 4.78 is 13.7. The first-order chi connectivity index (χ1) is 12.2. The Bertz CT molecular complexity index is 937. The van der Waals surface area contributed by atoms with Gasteiger partial charge in [-0.25, -0.2) is 9.38 Å². The fourth-order valence-electron chi connectivity index (χ4n) is 2.98. The maximum absolute atomic E-state index is 13.7. The molecule has 0 saturated heterocycles. The van der Waals surface area contributed by atoms with Gasteiger partial charge in [-0.15, -0.1) is 5.06 Å². The Kier molecular flexibility index (Phi) is 4.42. The second-order valence-corrected chi connectivity index (χ2v) is 6.45. The Morgan fingerprint density at radius 1 is 1.20 bits per heavy atom. The van der Waals surface area contributed by atoms with Crippen molar-refractivity contribution in [2.75, 3.05) is 13.2 Å². The number of benzene rings is 2. The van der Waals surface area contributed by atoms with E-state index in [1.165, 1.54) is 11.6 Å². The fourth-order valence-corrected chi connectivity index (χ4v) is 3.15. The summed E-state index contributed by atoms with van der Waals surface area (Å²) in [6.07, 6.45) is 3.17. The molecular formula is C19H17ClFN3O. The first-order valence-electron chi connectivity index (χ1n) is 8.14. The Morgan fingerprint density at radius 3 is 2.96 bits per heavy atom. The Hall–Kier alpha value is -2.37. The molecule has 2 aromatic carbocycles. The third-order valence-electron chi connectivity index (χ3n) is 4.30. The lowest BCUT2D eigenvalue weighted by atomic mass is 10.1. The van der Waals surface area contributed by atoms with Crippen molar-refractivity contribution in [2.45, 2.75) is 12.8 Å². The molecule has 1 N–H and O–H groups in total. The highest BCUT2D eigenvalue weighted by molar-refractivity contribution is 6.31. The van der Waals surface area contributed by atoms with Crippen LogP contribution in [0.1, 0.15) is 11.1 Å². The molecule has 0 bridgehead atoms. The van der Waals surface area contributed by atoms with Crippen molar-refractivity contribution in [3.05, 3.63) is 70.6 Å². The summed E-state index contributed by atoms with van der Waals surface area (Å²) in [7, 11) is 0. The highest BCUT2D eigenvalue weighted by Gasteiger charge is 2.19. The van der Waals surface area contributed by atoms with Gasteiger partial charge in [0.2, 0.25) is 5.90 Å². The van der Waals surface area contributed by atoms with E-state index in [1.807, 2.05) is 30.5 Å². The van der Waals surface area contributed by atoms with Gasteiger partial charge >= 0.3 is 0 Å². The van der Waals surface area contributed by atoms with Crippen molar-refractivity contribution in [1.82, 2.24) is 10.0 Å². The molecular weight excluding hydrogens is 341 g/mol. The van der Waals surface area contributed by atoms with Crippen LogP contribution in [0, 0.1) is 5.82 Å². The minimum atomic E-state index is -0.233. The summed E-state index contributed by atoms with van der Waals surface area (Å²) in [5, 5.41) is 3.64. The molecule has 128 valence electrons. The maximum Gasteiger partial charge on any atom is 0.215 e. The molecule has 1 aliphatic heterocycles. The van der Waals surface area contributed by atoms with E-state index in [0.29, 0.717) is 31.1 Å². The molecule has 0 unspecified atom stereocenters. The van der Waals surface area contributed by atoms with E-state index < -0.39 is 0 Å². The number of halogens is 2. The molecule has 1 aromatic heterocycles. The van der Waals surface area contributed by atoms with Gasteiger partial charge < -0.3 is 9.82 Å². The van der Waals surface area contributed by atoms with E-state index in [1.54, 1.807) is 17.2 Å². The minimum Gasteiger partial charge on any atom is -0.388 e. The van der Waals surface area contributed by atoms with E-state index in [4.69, 9.17) is 16.4 Å². The smallest absolute Gasteiger partial charge is 0.215 e. The van der Waals surface area contributed by atoms with Crippen molar-refractivity contribution < 1.29 is 9.23 Å². The minimum absolute atomic E-state index is 0.233. The van der Waals surface area contributed by atoms with Crippen LogP contribution in [0.4, 0.5) is 4.39 Å². The number of hydrogen-bond donors (Lipinski definition) is 1. The van der Waals surface area contributed by atoms with E-state index in [-0.39, 0.29) is 5.82 Å². The van der Waals surface area contributed by atoms with Gasteiger partial charge in [-0.05, 0) is 41.8 Å². The van der Waals surface area contributed by atoms with Crippen LogP contribution in [0.5, 0.6) is 0 Å². The lowest BCUT2D eigenvalue weighted by molar-refractivity contribution is -0.0493. The molecule has 1 aliphatic rings. The summed E-state index contributed by atoms with van der Waals surface area (Å²) >= 11 is 6.09. The monoisotopic (exact) mass is 357 g/mol. The van der Waals surface area contributed by atoms with Crippen molar-refractivity contribution in [1.29, 1.82) is 0 Å². The summed E-state index contributed by atoms with van der Waals surface area (Å²) in [5.41, 5.74) is 2.84. The molecule has 0 atom stereocenters. The third-order valence-corrected chi connectivity index (χ3v) is 4.53. The Labute approximate surface area is 149 Å². The van der Waals surface area contributed by atoms with E-state index >= 15 is 0 Å². The predicted octanol–water partition coefficient (Wildman–Crippen LogP) is 4.35. The van der Waals surface area contributed by atoms with Gasteiger partial charge in [0.25, 0.3) is 0 Å². The summed E-state index contributed by atoms with van der Waals surface area (Å²) in [6.45, 7) is 1.16. The zero-order chi connectivity index (χ0) is 17.2. The van der Waals surface area contributed by atoms with Crippen molar-refractivity contribution in [2.24, 2.45) is 4.99 Å². The van der Waals surface area contributed by atoms with Crippen LogP contribution in [0.3, 0.4) is 0 Å². The number of nitrogens with one attached hydrogen (secondary N) is 1. The SMILES string of the molecule is Fc1ccccc1CC1=NCN(CCc2c[nH]c3ccc(Cl)cc23)O1. The molecule has 4 rings (SSSR count). The normalized spacial score (nSPS) is 14.7. The van der Waals surface area contributed by atoms with Gasteiger partial charge in [0.1, 0.15) is 12.5 Å². The molecule has 3 aromatic rings. The van der Waals surface area contributed by atoms with Gasteiger partial charge in [0.05, 0.1) is 6.42 Å². The van der Waals surface area contributed by atoms with Crippen LogP contribution in [0.15, 0.2) is 53.7 Å². The van der Waals surface area contributed by atoms with E-state index in [9.17, 15) is 4.39 Å². The molecule has 0 amide bonds. The predicted molar refractivity (Wildman–Crippen MR) is 97.2 cm³/mol. The standard InChI is InChI=1S/C19H17ClFN3O/c20-15-5-6-18-16(10-15)14(11-22-18)7-8-24-12-23-19(25-24)9-13-3-1-2-4-17(13)21/h1-6,10-11,22H,7-9,12H2. The fraction of sp³-hybridized carbons (Fsp3) is 0.211. The third kappa shape index (κ3) is 3.52. The average Bonchev–Trinajstić information content (AvgIpc) is 3.21. The maximum atomic E-state index is 13.7. The second kappa shape index (κ2) is 6.86. The van der Waals surface area contributed by atoms with Crippen LogP contribution >= 0.6 is 11.6 Å². The van der Waals surface area contributed by atoms with Crippen LogP contribution in [0.25, 0.3) is 10.9 Å². The van der Waals surface area contributed by atoms with E-state index in [0.717, 1.165) is 22.3 Å². The first kappa shape index (κ1) is 16.1. The molecule has 2 heterocycles. The second-order valence-electron chi connectivity index (χ2n) is 6.01. The summed E-state index contributed by atoms with van der Waals surface area (Å²) in [6, 6.07) is 12.5. The average molecular weight is 358 g/mol. The number of hydrogen-bond acceptors (Lipinski definition) is 3. The molecule has 4 nitrogen and oxygen atoms in total. The van der Waals surface area contributed by atoms with Crippen LogP contribution in [0.2, 0.25) is 5.02 Å². The number of hydroxylamine groups is 2. The Balaban J connectivity index is 1.36. The van der Waals surface area contributed by atoms with Gasteiger partial charge in [-0.1, -0.05) is 29.8 Å². The largest absolute Gasteiger partial charge is 0.388 e. The lowest BCUT2D eigenvalue weighted by Gasteiger charge is -2.14. The number of H-pyrrole nitrogens is 1. The Morgan fingerprint density at radius 2 is 2.08 bits per heavy atom. The van der Waals surface area contributed by atoms with Crippen molar-refractivity contribution in [3.8, 4) is 0 Å². The molecule has 0 radical (unpaired) electrons. The zero-order valence-electron chi connectivity index (χ0n) is 13.5. The zero-order valence-corrected chi connectivity index (χ0v) is 14.3. The summed E-state index contributed by atoms with van der Waals surface area (Å²) in [5.74, 6) is 0.315. The van der Waals surface area contributed by atoms with E-state index in [2.05, 4.69) is 9.98 Å². The number of aliphatic imine (C=N–C) groups is 1. The summed E-state index contributed by atoms with van der Waals surface area (Å²) in [4.78, 5) is 13.3. The quantitative estimate of drug-likeness (QED) is 0.737. The van der Waals surface area contributed by atoms with Gasteiger partial charge in [0, 0.05) is 28.7 Å². The highest BCUT2D eigenvalue weighted by atomic mass is 35.5. The molecule has 0 spiro atoms. The number of aromatic amines is 1. The van der Waals surface area contributed by atoms with Crippen LogP contribution in [-0.4, -0.2) is 29.2 Å². The number of nitrogens with zero attached hydrogens (tertiary/aromatic N) is 2. The van der Waals surface area contributed by atoms with Gasteiger partial charge in [0.15, 0.2) is 0 Å².